The van der Waals surface area contributed by atoms with Crippen LogP contribution in [0, 0.1) is 0 Å². The highest BCUT2D eigenvalue weighted by Gasteiger charge is 2.32. The van der Waals surface area contributed by atoms with Crippen LogP contribution in [0.15, 0.2) is 40.9 Å². The molecule has 1 unspecified atom stereocenters. The van der Waals surface area contributed by atoms with Gasteiger partial charge in [-0.25, -0.2) is 10.9 Å². The Bertz CT molecular complexity index is 817. The van der Waals surface area contributed by atoms with Crippen LogP contribution in [0.3, 0.4) is 0 Å². The fraction of sp³-hybridized carbons (Fsp3) is 0.294. The molecule has 0 spiro atoms. The molecular formula is C17H17BrF3N3O3. The van der Waals surface area contributed by atoms with E-state index in [0.29, 0.717) is 4.47 Å². The Hall–Kier alpha value is -2.17. The van der Waals surface area contributed by atoms with E-state index >= 15 is 0 Å². The van der Waals surface area contributed by atoms with Gasteiger partial charge in [0.25, 0.3) is 5.91 Å². The first-order valence-corrected chi connectivity index (χ1v) is 8.45. The predicted octanol–water partition coefficient (Wildman–Crippen LogP) is 3.58. The molecule has 0 aliphatic carbocycles. The number of aromatic nitrogens is 1. The van der Waals surface area contributed by atoms with Crippen molar-refractivity contribution >= 4 is 21.8 Å². The Balaban J connectivity index is 2.37. The number of amides is 1. The normalized spacial score (nSPS) is 12.6. The average molecular weight is 448 g/mol. The van der Waals surface area contributed by atoms with Crippen LogP contribution >= 0.6 is 15.9 Å². The number of alkyl halides is 3. The number of nitrogens with two attached hydrogens (primary N) is 1. The third-order valence-electron chi connectivity index (χ3n) is 3.87. The first kappa shape index (κ1) is 21.1. The lowest BCUT2D eigenvalue weighted by Crippen LogP contribution is -2.35. The van der Waals surface area contributed by atoms with Crippen LogP contribution in [-0.2, 0) is 11.0 Å². The van der Waals surface area contributed by atoms with Crippen LogP contribution in [0.4, 0.5) is 13.2 Å². The van der Waals surface area contributed by atoms with E-state index in [4.69, 9.17) is 10.6 Å². The molecule has 0 saturated heterocycles. The first-order valence-electron chi connectivity index (χ1n) is 7.65. The molecule has 0 fully saturated rings. The molecule has 1 atom stereocenters. The molecule has 0 radical (unpaired) electrons. The summed E-state index contributed by atoms with van der Waals surface area (Å²) in [5.41, 5.74) is -0.534. The van der Waals surface area contributed by atoms with Gasteiger partial charge in [-0.3, -0.25) is 4.79 Å². The number of ether oxygens (including phenoxy) is 1. The quantitative estimate of drug-likeness (QED) is 0.684. The largest absolute Gasteiger partial charge is 0.480 e. The van der Waals surface area contributed by atoms with E-state index in [9.17, 15) is 18.0 Å². The lowest BCUT2D eigenvalue weighted by Gasteiger charge is -2.28. The number of rotatable bonds is 6. The Morgan fingerprint density at radius 2 is 2.04 bits per heavy atom. The van der Waals surface area contributed by atoms with E-state index in [1.54, 1.807) is 6.07 Å². The highest BCUT2D eigenvalue weighted by atomic mass is 79.9. The lowest BCUT2D eigenvalue weighted by atomic mass is 10.0. The maximum Gasteiger partial charge on any atom is 0.416 e. The molecule has 2 rings (SSSR count). The van der Waals surface area contributed by atoms with Crippen LogP contribution in [0.2, 0.25) is 0 Å². The number of carbonyl (C=O) groups is 1. The molecule has 1 aromatic heterocycles. The fourth-order valence-corrected chi connectivity index (χ4v) is 2.84. The molecule has 0 aliphatic heterocycles. The maximum atomic E-state index is 13.0. The molecular weight excluding hydrogens is 431 g/mol. The third-order valence-corrected chi connectivity index (χ3v) is 4.47. The Morgan fingerprint density at radius 3 is 2.63 bits per heavy atom. The Kier molecular flexibility index (Phi) is 6.79. The highest BCUT2D eigenvalue weighted by Crippen LogP contribution is 2.32. The number of benzene rings is 1. The van der Waals surface area contributed by atoms with Gasteiger partial charge < -0.3 is 14.5 Å². The number of hydrogen-bond acceptors (Lipinski definition) is 5. The summed E-state index contributed by atoms with van der Waals surface area (Å²) in [6, 6.07) is 6.86. The summed E-state index contributed by atoms with van der Waals surface area (Å²) in [5, 5.41) is 0. The van der Waals surface area contributed by atoms with Crippen molar-refractivity contribution in [2.24, 2.45) is 5.90 Å². The van der Waals surface area contributed by atoms with E-state index in [0.717, 1.165) is 12.1 Å². The van der Waals surface area contributed by atoms with Gasteiger partial charge in [-0.2, -0.15) is 13.2 Å². The van der Waals surface area contributed by atoms with Gasteiger partial charge in [0, 0.05) is 7.05 Å². The minimum absolute atomic E-state index is 0.0616. The summed E-state index contributed by atoms with van der Waals surface area (Å²) in [4.78, 5) is 22.7. The van der Waals surface area contributed by atoms with Crippen molar-refractivity contribution in [1.29, 1.82) is 0 Å². The highest BCUT2D eigenvalue weighted by molar-refractivity contribution is 9.10. The Morgan fingerprint density at radius 1 is 1.33 bits per heavy atom. The second-order valence-corrected chi connectivity index (χ2v) is 6.43. The summed E-state index contributed by atoms with van der Waals surface area (Å²) >= 11 is 3.24. The zero-order chi connectivity index (χ0) is 20.2. The molecule has 146 valence electrons. The zero-order valence-corrected chi connectivity index (χ0v) is 16.0. The standard InChI is InChI=1S/C17H17BrF3N3O3/c1-24(16(25)13-7-6-12(18)15(23-13)26-2)14(9-27-22)10-4-3-5-11(8-10)17(19,20)21/h3-8,14H,9,22H2,1-2H3. The average Bonchev–Trinajstić information content (AvgIpc) is 2.64. The SMILES string of the molecule is COc1nc(C(=O)N(C)C(CON)c2cccc(C(F)(F)F)c2)ccc1Br. The molecule has 0 aliphatic rings. The van der Waals surface area contributed by atoms with Crippen molar-refractivity contribution in [2.75, 3.05) is 20.8 Å². The lowest BCUT2D eigenvalue weighted by molar-refractivity contribution is -0.137. The number of pyridine rings is 1. The number of carbonyl (C=O) groups excluding carboxylic acids is 1. The number of likely N-dealkylation sites (N-methyl/N-ethyl adjacent to an activating group) is 1. The van der Waals surface area contributed by atoms with Crippen LogP contribution in [-0.4, -0.2) is 36.6 Å². The monoisotopic (exact) mass is 447 g/mol. The minimum atomic E-state index is -4.51. The molecule has 2 N–H and O–H groups in total. The van der Waals surface area contributed by atoms with Crippen molar-refractivity contribution in [3.63, 3.8) is 0 Å². The van der Waals surface area contributed by atoms with Crippen molar-refractivity contribution in [1.82, 2.24) is 9.88 Å². The van der Waals surface area contributed by atoms with Crippen LogP contribution in [0.1, 0.15) is 27.7 Å². The molecule has 0 saturated carbocycles. The summed E-state index contributed by atoms with van der Waals surface area (Å²) in [6.07, 6.45) is -4.51. The molecule has 1 heterocycles. The summed E-state index contributed by atoms with van der Waals surface area (Å²) in [6.45, 7) is -0.197. The number of methoxy groups -OCH3 is 1. The van der Waals surface area contributed by atoms with Gasteiger partial charge >= 0.3 is 6.18 Å². The predicted molar refractivity (Wildman–Crippen MR) is 94.9 cm³/mol. The van der Waals surface area contributed by atoms with E-state index in [1.165, 1.54) is 37.3 Å². The smallest absolute Gasteiger partial charge is 0.416 e. The Labute approximate surface area is 162 Å². The van der Waals surface area contributed by atoms with Gasteiger partial charge in [0.05, 0.1) is 29.8 Å². The van der Waals surface area contributed by atoms with E-state index in [2.05, 4.69) is 25.8 Å². The van der Waals surface area contributed by atoms with Crippen molar-refractivity contribution in [3.8, 4) is 5.88 Å². The number of halogens is 4. The molecule has 1 amide bonds. The second-order valence-electron chi connectivity index (χ2n) is 5.58. The van der Waals surface area contributed by atoms with Gasteiger partial charge in [0.15, 0.2) is 0 Å². The second kappa shape index (κ2) is 8.68. The molecule has 10 heteroatoms. The van der Waals surface area contributed by atoms with Crippen molar-refractivity contribution in [2.45, 2.75) is 12.2 Å². The van der Waals surface area contributed by atoms with Gasteiger partial charge in [0.1, 0.15) is 5.69 Å². The van der Waals surface area contributed by atoms with Crippen LogP contribution < -0.4 is 10.6 Å². The maximum absolute atomic E-state index is 13.0. The molecule has 0 bridgehead atoms. The van der Waals surface area contributed by atoms with E-state index in [-0.39, 0.29) is 23.7 Å². The number of hydrogen-bond donors (Lipinski definition) is 1. The zero-order valence-electron chi connectivity index (χ0n) is 14.5. The number of nitrogens with zero attached hydrogens (tertiary/aromatic N) is 2. The van der Waals surface area contributed by atoms with Gasteiger partial charge in [-0.05, 0) is 45.8 Å². The fourth-order valence-electron chi connectivity index (χ4n) is 2.45. The molecule has 2 aromatic rings. The van der Waals surface area contributed by atoms with Gasteiger partial charge in [-0.15, -0.1) is 0 Å². The summed E-state index contributed by atoms with van der Waals surface area (Å²) < 4.78 is 44.6. The molecule has 27 heavy (non-hydrogen) atoms. The third kappa shape index (κ3) is 4.96. The topological polar surface area (TPSA) is 77.7 Å². The van der Waals surface area contributed by atoms with E-state index < -0.39 is 23.7 Å². The summed E-state index contributed by atoms with van der Waals surface area (Å²) in [7, 11) is 2.83. The van der Waals surface area contributed by atoms with Crippen LogP contribution in [0.5, 0.6) is 5.88 Å². The molecule has 1 aromatic carbocycles. The van der Waals surface area contributed by atoms with Crippen molar-refractivity contribution < 1.29 is 27.5 Å². The van der Waals surface area contributed by atoms with E-state index in [1.807, 2.05) is 0 Å². The van der Waals surface area contributed by atoms with Crippen LogP contribution in [0.25, 0.3) is 0 Å². The van der Waals surface area contributed by atoms with Crippen molar-refractivity contribution in [3.05, 3.63) is 57.7 Å². The van der Waals surface area contributed by atoms with Gasteiger partial charge in [-0.1, -0.05) is 12.1 Å². The molecule has 6 nitrogen and oxygen atoms in total. The van der Waals surface area contributed by atoms with Gasteiger partial charge in [0.2, 0.25) is 5.88 Å². The summed E-state index contributed by atoms with van der Waals surface area (Å²) in [5.74, 6) is 4.81. The minimum Gasteiger partial charge on any atom is -0.480 e. The first-order chi connectivity index (χ1) is 12.7.